The maximum Gasteiger partial charge on any atom is 0.271 e. The number of aromatic amines is 1. The van der Waals surface area contributed by atoms with E-state index in [0.717, 1.165) is 25.9 Å². The van der Waals surface area contributed by atoms with Crippen LogP contribution in [-0.2, 0) is 16.8 Å². The van der Waals surface area contributed by atoms with Gasteiger partial charge in [0, 0.05) is 24.0 Å². The first-order valence-corrected chi connectivity index (χ1v) is 8.37. The van der Waals surface area contributed by atoms with Crippen molar-refractivity contribution in [3.05, 3.63) is 33.6 Å². The molecule has 2 aromatic heterocycles. The number of ether oxygens (including phenoxy) is 1. The summed E-state index contributed by atoms with van der Waals surface area (Å²) in [7, 11) is 0. The number of H-pyrrole nitrogens is 1. The number of piperidine rings is 1. The predicted molar refractivity (Wildman–Crippen MR) is 83.8 cm³/mol. The first-order valence-electron chi connectivity index (χ1n) is 7.49. The highest BCUT2D eigenvalue weighted by molar-refractivity contribution is 7.10. The predicted octanol–water partition coefficient (Wildman–Crippen LogP) is 1.76. The Morgan fingerprint density at radius 1 is 1.45 bits per heavy atom. The number of likely N-dealkylation sites (tertiary alicyclic amines) is 1. The molecule has 4 rings (SSSR count). The maximum absolute atomic E-state index is 12.4. The van der Waals surface area contributed by atoms with E-state index in [1.165, 1.54) is 10.4 Å². The van der Waals surface area contributed by atoms with Crippen LogP contribution in [0.3, 0.4) is 0 Å². The van der Waals surface area contributed by atoms with Crippen molar-refractivity contribution in [2.24, 2.45) is 0 Å². The van der Waals surface area contributed by atoms with Gasteiger partial charge in [0.1, 0.15) is 17.1 Å². The molecule has 22 heavy (non-hydrogen) atoms. The monoisotopic (exact) mass is 318 g/mol. The van der Waals surface area contributed by atoms with Gasteiger partial charge in [-0.1, -0.05) is 0 Å². The van der Waals surface area contributed by atoms with E-state index in [1.54, 1.807) is 17.4 Å². The van der Waals surface area contributed by atoms with Gasteiger partial charge in [-0.2, -0.15) is 5.10 Å². The second-order valence-corrected chi connectivity index (χ2v) is 6.78. The van der Waals surface area contributed by atoms with Crippen molar-refractivity contribution in [1.82, 2.24) is 15.1 Å². The van der Waals surface area contributed by atoms with E-state index in [0.29, 0.717) is 24.6 Å². The summed E-state index contributed by atoms with van der Waals surface area (Å²) in [6.07, 6.45) is 2.68. The summed E-state index contributed by atoms with van der Waals surface area (Å²) < 4.78 is 6.16. The third-order valence-electron chi connectivity index (χ3n) is 4.60. The normalized spacial score (nSPS) is 20.1. The third-order valence-corrected chi connectivity index (χ3v) is 5.74. The van der Waals surface area contributed by atoms with Crippen molar-refractivity contribution >= 4 is 23.1 Å². The Hall–Kier alpha value is -1.86. The Kier molecular flexibility index (Phi) is 3.19. The fraction of sp³-hybridized carbons (Fsp3) is 0.467. The lowest BCUT2D eigenvalue weighted by molar-refractivity contribution is -0.0906. The van der Waals surface area contributed by atoms with Gasteiger partial charge in [0.25, 0.3) is 5.91 Å². The van der Waals surface area contributed by atoms with Crippen LogP contribution in [0.2, 0.25) is 0 Å². The average Bonchev–Trinajstić information content (AvgIpc) is 3.17. The van der Waals surface area contributed by atoms with Gasteiger partial charge in [0.05, 0.1) is 6.61 Å². The highest BCUT2D eigenvalue weighted by Gasteiger charge is 2.42. The van der Waals surface area contributed by atoms with E-state index < -0.39 is 0 Å². The molecule has 0 radical (unpaired) electrons. The van der Waals surface area contributed by atoms with Gasteiger partial charge in [0.15, 0.2) is 0 Å². The Morgan fingerprint density at radius 2 is 2.27 bits per heavy atom. The van der Waals surface area contributed by atoms with E-state index in [2.05, 4.69) is 21.6 Å². The molecule has 3 N–H and O–H groups in total. The van der Waals surface area contributed by atoms with Gasteiger partial charge in [0.2, 0.25) is 0 Å². The van der Waals surface area contributed by atoms with Crippen LogP contribution in [0.5, 0.6) is 0 Å². The first-order chi connectivity index (χ1) is 10.7. The molecule has 1 amide bonds. The van der Waals surface area contributed by atoms with Gasteiger partial charge >= 0.3 is 0 Å². The van der Waals surface area contributed by atoms with Crippen molar-refractivity contribution in [1.29, 1.82) is 0 Å². The van der Waals surface area contributed by atoms with E-state index in [4.69, 9.17) is 10.5 Å². The van der Waals surface area contributed by atoms with Gasteiger partial charge in [-0.05, 0) is 36.3 Å². The number of anilines is 1. The van der Waals surface area contributed by atoms with Crippen LogP contribution in [0, 0.1) is 0 Å². The second kappa shape index (κ2) is 5.10. The Bertz CT molecular complexity index is 700. The molecule has 1 spiro atoms. The molecule has 116 valence electrons. The zero-order chi connectivity index (χ0) is 15.2. The van der Waals surface area contributed by atoms with Crippen molar-refractivity contribution in [2.45, 2.75) is 24.9 Å². The number of nitrogens with one attached hydrogen (secondary N) is 1. The summed E-state index contributed by atoms with van der Waals surface area (Å²) in [6, 6.07) is 3.79. The molecule has 0 bridgehead atoms. The molecular weight excluding hydrogens is 300 g/mol. The lowest BCUT2D eigenvalue weighted by Gasteiger charge is -2.43. The van der Waals surface area contributed by atoms with E-state index in [-0.39, 0.29) is 11.5 Å². The zero-order valence-corrected chi connectivity index (χ0v) is 13.0. The molecule has 1 fully saturated rings. The van der Waals surface area contributed by atoms with Crippen LogP contribution in [-0.4, -0.2) is 40.7 Å². The van der Waals surface area contributed by atoms with Crippen LogP contribution >= 0.6 is 11.3 Å². The molecule has 1 saturated heterocycles. The molecule has 0 unspecified atom stereocenters. The average molecular weight is 318 g/mol. The molecule has 0 saturated carbocycles. The quantitative estimate of drug-likeness (QED) is 0.839. The molecule has 2 aliphatic heterocycles. The van der Waals surface area contributed by atoms with Crippen LogP contribution in [0.15, 0.2) is 17.5 Å². The number of nitrogens with two attached hydrogens (primary N) is 1. The first kappa shape index (κ1) is 13.8. The van der Waals surface area contributed by atoms with E-state index in [9.17, 15) is 4.79 Å². The Labute approximate surface area is 132 Å². The third kappa shape index (κ3) is 2.12. The minimum absolute atomic E-state index is 0.0405. The summed E-state index contributed by atoms with van der Waals surface area (Å²) in [4.78, 5) is 15.6. The minimum atomic E-state index is -0.189. The molecule has 4 heterocycles. The summed E-state index contributed by atoms with van der Waals surface area (Å²) in [5.41, 5.74) is 7.25. The number of thiophene rings is 1. The number of nitrogen functional groups attached to an aromatic ring is 1. The Balaban J connectivity index is 1.51. The minimum Gasteiger partial charge on any atom is -0.382 e. The fourth-order valence-electron chi connectivity index (χ4n) is 3.41. The number of carbonyl (C=O) groups is 1. The van der Waals surface area contributed by atoms with Crippen molar-refractivity contribution < 1.29 is 9.53 Å². The van der Waals surface area contributed by atoms with Crippen LogP contribution < -0.4 is 5.73 Å². The molecule has 2 aliphatic rings. The number of rotatable bonds is 1. The van der Waals surface area contributed by atoms with Crippen molar-refractivity contribution in [3.63, 3.8) is 0 Å². The summed E-state index contributed by atoms with van der Waals surface area (Å²) in [5, 5.41) is 8.66. The number of nitrogens with zero attached hydrogens (tertiary/aromatic N) is 2. The number of carbonyl (C=O) groups excluding carboxylic acids is 1. The van der Waals surface area contributed by atoms with Gasteiger partial charge in [-0.3, -0.25) is 9.89 Å². The van der Waals surface area contributed by atoms with E-state index in [1.807, 2.05) is 4.90 Å². The topological polar surface area (TPSA) is 84.2 Å². The molecule has 0 aromatic carbocycles. The lowest BCUT2D eigenvalue weighted by atomic mass is 9.85. The second-order valence-electron chi connectivity index (χ2n) is 5.87. The number of hydrogen-bond donors (Lipinski definition) is 2. The van der Waals surface area contributed by atoms with Gasteiger partial charge in [-0.15, -0.1) is 11.3 Å². The molecular formula is C15H18N4O2S. The van der Waals surface area contributed by atoms with Crippen LogP contribution in [0.25, 0.3) is 0 Å². The molecule has 0 aliphatic carbocycles. The van der Waals surface area contributed by atoms with Crippen LogP contribution in [0.4, 0.5) is 5.82 Å². The molecule has 6 nitrogen and oxygen atoms in total. The Morgan fingerprint density at radius 3 is 3.00 bits per heavy atom. The smallest absolute Gasteiger partial charge is 0.271 e. The summed E-state index contributed by atoms with van der Waals surface area (Å²) in [5.74, 6) is 0.303. The largest absolute Gasteiger partial charge is 0.382 e. The zero-order valence-electron chi connectivity index (χ0n) is 12.2. The number of amides is 1. The maximum atomic E-state index is 12.4. The highest BCUT2D eigenvalue weighted by atomic mass is 32.1. The standard InChI is InChI=1S/C15H18N4O2S/c16-12-9-11(17-18-12)14(20)19-5-3-15(4-6-19)13-10(1-7-21-15)2-8-22-13/h2,8-9H,1,3-7H2,(H3,16,17,18). The molecule has 7 heteroatoms. The molecule has 2 aromatic rings. The van der Waals surface area contributed by atoms with E-state index >= 15 is 0 Å². The fourth-order valence-corrected chi connectivity index (χ4v) is 4.58. The lowest BCUT2D eigenvalue weighted by Crippen LogP contribution is -2.48. The summed E-state index contributed by atoms with van der Waals surface area (Å²) >= 11 is 1.78. The number of hydrogen-bond acceptors (Lipinski definition) is 5. The van der Waals surface area contributed by atoms with Gasteiger partial charge < -0.3 is 15.4 Å². The van der Waals surface area contributed by atoms with Crippen LogP contribution in [0.1, 0.15) is 33.8 Å². The van der Waals surface area contributed by atoms with Crippen molar-refractivity contribution in [3.8, 4) is 0 Å². The number of fused-ring (bicyclic) bond motifs is 2. The number of aromatic nitrogens is 2. The SMILES string of the molecule is Nc1cc(C(=O)N2CCC3(CC2)OCCc2ccsc23)[nH]n1. The molecule has 0 atom stereocenters. The highest BCUT2D eigenvalue weighted by Crippen LogP contribution is 2.44. The summed E-state index contributed by atoms with van der Waals surface area (Å²) in [6.45, 7) is 2.15. The van der Waals surface area contributed by atoms with Gasteiger partial charge in [-0.25, -0.2) is 0 Å². The van der Waals surface area contributed by atoms with Crippen molar-refractivity contribution in [2.75, 3.05) is 25.4 Å².